The fraction of sp³-hybridized carbons (Fsp3) is 0.360. The minimum atomic E-state index is 0. The van der Waals surface area contributed by atoms with Gasteiger partial charge < -0.3 is 19.9 Å². The zero-order valence-electron chi connectivity index (χ0n) is 19.1. The van der Waals surface area contributed by atoms with E-state index < -0.39 is 0 Å². The van der Waals surface area contributed by atoms with Gasteiger partial charge in [0.1, 0.15) is 5.82 Å². The normalized spacial score (nSPS) is 14.5. The lowest BCUT2D eigenvalue weighted by atomic mass is 10.1. The van der Waals surface area contributed by atoms with Gasteiger partial charge in [0.15, 0.2) is 5.96 Å². The number of halogens is 1. The van der Waals surface area contributed by atoms with Gasteiger partial charge in [-0.05, 0) is 16.7 Å². The van der Waals surface area contributed by atoms with Crippen molar-refractivity contribution >= 4 is 29.9 Å². The Morgan fingerprint density at radius 2 is 1.64 bits per heavy atom. The number of nitrogens with zero attached hydrogens (tertiary/aromatic N) is 4. The van der Waals surface area contributed by atoms with E-state index in [-0.39, 0.29) is 24.0 Å². The Balaban J connectivity index is 0.00000306. The first-order valence-electron chi connectivity index (χ1n) is 11.2. The molecular formula is C25H33IN6O. The number of imidazole rings is 1. The third kappa shape index (κ3) is 7.55. The predicted molar refractivity (Wildman–Crippen MR) is 143 cm³/mol. The van der Waals surface area contributed by atoms with Crippen molar-refractivity contribution in [2.24, 2.45) is 4.99 Å². The number of guanidine groups is 1. The molecule has 8 heteroatoms. The van der Waals surface area contributed by atoms with E-state index in [0.29, 0.717) is 6.54 Å². The van der Waals surface area contributed by atoms with Crippen LogP contribution in [0, 0.1) is 0 Å². The van der Waals surface area contributed by atoms with Crippen LogP contribution in [0.1, 0.15) is 22.5 Å². The Morgan fingerprint density at radius 3 is 2.39 bits per heavy atom. The lowest BCUT2D eigenvalue weighted by Gasteiger charge is -2.27. The second kappa shape index (κ2) is 13.3. The van der Waals surface area contributed by atoms with Crippen LogP contribution in [0.25, 0.3) is 0 Å². The molecule has 1 saturated heterocycles. The van der Waals surface area contributed by atoms with Crippen molar-refractivity contribution in [3.05, 3.63) is 89.5 Å². The highest BCUT2D eigenvalue weighted by molar-refractivity contribution is 14.0. The lowest BCUT2D eigenvalue weighted by molar-refractivity contribution is 0.0341. The number of rotatable bonds is 8. The van der Waals surface area contributed by atoms with Crippen molar-refractivity contribution < 1.29 is 4.74 Å². The molecule has 0 saturated carbocycles. The summed E-state index contributed by atoms with van der Waals surface area (Å²) in [4.78, 5) is 11.4. The molecule has 33 heavy (non-hydrogen) atoms. The van der Waals surface area contributed by atoms with E-state index in [4.69, 9.17) is 4.74 Å². The molecule has 0 amide bonds. The summed E-state index contributed by atoms with van der Waals surface area (Å²) >= 11 is 0. The number of hydrogen-bond acceptors (Lipinski definition) is 4. The Hall–Kier alpha value is -2.43. The van der Waals surface area contributed by atoms with Crippen LogP contribution in [0.2, 0.25) is 0 Å². The molecule has 1 aliphatic heterocycles. The number of benzene rings is 2. The fourth-order valence-electron chi connectivity index (χ4n) is 3.88. The molecule has 0 spiro atoms. The van der Waals surface area contributed by atoms with Gasteiger partial charge in [0.2, 0.25) is 0 Å². The highest BCUT2D eigenvalue weighted by Gasteiger charge is 2.13. The van der Waals surface area contributed by atoms with Crippen molar-refractivity contribution in [3.8, 4) is 0 Å². The summed E-state index contributed by atoms with van der Waals surface area (Å²) in [7, 11) is 1.80. The summed E-state index contributed by atoms with van der Waals surface area (Å²) in [5.74, 6) is 1.74. The maximum atomic E-state index is 5.48. The van der Waals surface area contributed by atoms with E-state index in [1.807, 2.05) is 18.5 Å². The fourth-order valence-corrected chi connectivity index (χ4v) is 3.88. The first-order chi connectivity index (χ1) is 15.8. The smallest absolute Gasteiger partial charge is 0.191 e. The Morgan fingerprint density at radius 1 is 0.939 bits per heavy atom. The number of morpholine rings is 1. The molecule has 0 radical (unpaired) electrons. The minimum absolute atomic E-state index is 0. The van der Waals surface area contributed by atoms with E-state index in [1.165, 1.54) is 16.7 Å². The van der Waals surface area contributed by atoms with Crippen LogP contribution in [-0.2, 0) is 30.9 Å². The summed E-state index contributed by atoms with van der Waals surface area (Å²) in [6.45, 7) is 6.69. The molecule has 1 aliphatic rings. The molecule has 2 heterocycles. The van der Waals surface area contributed by atoms with Crippen molar-refractivity contribution in [1.82, 2.24) is 25.1 Å². The standard InChI is InChI=1S/C25H32N6O.HI/c1-26-25(29-18-24-27-11-12-31(24)19-21-7-3-2-4-8-21)28-17-22-9-5-6-10-23(22)20-30-13-15-32-16-14-30;/h2-12H,13-20H2,1H3,(H2,26,28,29);1H. The second-order valence-corrected chi connectivity index (χ2v) is 7.89. The third-order valence-corrected chi connectivity index (χ3v) is 5.70. The molecule has 2 N–H and O–H groups in total. The van der Waals surface area contributed by atoms with Crippen LogP contribution in [0.4, 0.5) is 0 Å². The van der Waals surface area contributed by atoms with Crippen LogP contribution in [0.3, 0.4) is 0 Å². The van der Waals surface area contributed by atoms with Gasteiger partial charge in [0.25, 0.3) is 0 Å². The molecule has 1 fully saturated rings. The maximum absolute atomic E-state index is 5.48. The summed E-state index contributed by atoms with van der Waals surface area (Å²) in [6, 6.07) is 19.0. The average Bonchev–Trinajstić information content (AvgIpc) is 3.28. The molecule has 0 unspecified atom stereocenters. The number of hydrogen-bond donors (Lipinski definition) is 2. The van der Waals surface area contributed by atoms with Crippen LogP contribution in [0.5, 0.6) is 0 Å². The molecule has 176 valence electrons. The van der Waals surface area contributed by atoms with Crippen LogP contribution < -0.4 is 10.6 Å². The van der Waals surface area contributed by atoms with Crippen molar-refractivity contribution in [2.45, 2.75) is 26.2 Å². The summed E-state index contributed by atoms with van der Waals surface area (Å²) in [6.07, 6.45) is 3.86. The number of aliphatic imine (C=N–C) groups is 1. The largest absolute Gasteiger partial charge is 0.379 e. The topological polar surface area (TPSA) is 66.7 Å². The van der Waals surface area contributed by atoms with Crippen LogP contribution >= 0.6 is 24.0 Å². The zero-order chi connectivity index (χ0) is 22.0. The molecular weight excluding hydrogens is 527 g/mol. The van der Waals surface area contributed by atoms with Gasteiger partial charge >= 0.3 is 0 Å². The quantitative estimate of drug-likeness (QED) is 0.252. The van der Waals surface area contributed by atoms with Gasteiger partial charge in [0, 0.05) is 52.2 Å². The number of ether oxygens (including phenoxy) is 1. The molecule has 7 nitrogen and oxygen atoms in total. The van der Waals surface area contributed by atoms with Gasteiger partial charge in [-0.1, -0.05) is 54.6 Å². The van der Waals surface area contributed by atoms with Crippen LogP contribution in [-0.4, -0.2) is 53.8 Å². The molecule has 2 aromatic carbocycles. The van der Waals surface area contributed by atoms with Gasteiger partial charge in [-0.2, -0.15) is 0 Å². The van der Waals surface area contributed by atoms with E-state index in [0.717, 1.165) is 57.7 Å². The van der Waals surface area contributed by atoms with Crippen molar-refractivity contribution in [3.63, 3.8) is 0 Å². The third-order valence-electron chi connectivity index (χ3n) is 5.70. The summed E-state index contributed by atoms with van der Waals surface area (Å²) in [5.41, 5.74) is 3.88. The van der Waals surface area contributed by atoms with E-state index in [9.17, 15) is 0 Å². The number of nitrogens with one attached hydrogen (secondary N) is 2. The first kappa shape index (κ1) is 25.2. The highest BCUT2D eigenvalue weighted by atomic mass is 127. The Kier molecular flexibility index (Phi) is 10.2. The van der Waals surface area contributed by atoms with E-state index in [2.05, 4.69) is 78.6 Å². The monoisotopic (exact) mass is 560 g/mol. The van der Waals surface area contributed by atoms with Gasteiger partial charge in [-0.15, -0.1) is 24.0 Å². The maximum Gasteiger partial charge on any atom is 0.191 e. The average molecular weight is 560 g/mol. The van der Waals surface area contributed by atoms with Gasteiger partial charge in [-0.25, -0.2) is 4.98 Å². The Labute approximate surface area is 213 Å². The lowest BCUT2D eigenvalue weighted by Crippen LogP contribution is -2.38. The zero-order valence-corrected chi connectivity index (χ0v) is 21.4. The predicted octanol–water partition coefficient (Wildman–Crippen LogP) is 3.25. The van der Waals surface area contributed by atoms with E-state index in [1.54, 1.807) is 7.05 Å². The Bertz CT molecular complexity index is 1000. The van der Waals surface area contributed by atoms with Crippen LogP contribution in [0.15, 0.2) is 72.0 Å². The summed E-state index contributed by atoms with van der Waals surface area (Å²) < 4.78 is 7.64. The molecule has 0 bridgehead atoms. The molecule has 0 aliphatic carbocycles. The first-order valence-corrected chi connectivity index (χ1v) is 11.2. The second-order valence-electron chi connectivity index (χ2n) is 7.89. The summed E-state index contributed by atoms with van der Waals surface area (Å²) in [5, 5.41) is 6.85. The molecule has 1 aromatic heterocycles. The van der Waals surface area contributed by atoms with Gasteiger partial charge in [-0.3, -0.25) is 9.89 Å². The molecule has 3 aromatic rings. The molecule has 0 atom stereocenters. The van der Waals surface area contributed by atoms with Crippen molar-refractivity contribution in [1.29, 1.82) is 0 Å². The number of aromatic nitrogens is 2. The van der Waals surface area contributed by atoms with Gasteiger partial charge in [0.05, 0.1) is 19.8 Å². The SMILES string of the molecule is CN=C(NCc1ccccc1CN1CCOCC1)NCc1nccn1Cc1ccccc1.I. The van der Waals surface area contributed by atoms with E-state index >= 15 is 0 Å². The van der Waals surface area contributed by atoms with Crippen molar-refractivity contribution in [2.75, 3.05) is 33.4 Å². The minimum Gasteiger partial charge on any atom is -0.379 e. The highest BCUT2D eigenvalue weighted by Crippen LogP contribution is 2.13. The molecule has 4 rings (SSSR count).